The van der Waals surface area contributed by atoms with Gasteiger partial charge in [-0.3, -0.25) is 4.79 Å². The average Bonchev–Trinajstić information content (AvgIpc) is 3.04. The Morgan fingerprint density at radius 1 is 1.41 bits per heavy atom. The highest BCUT2D eigenvalue weighted by Crippen LogP contribution is 2.27. The number of nitrogens with zero attached hydrogens (tertiary/aromatic N) is 3. The van der Waals surface area contributed by atoms with Gasteiger partial charge in [-0.25, -0.2) is 14.5 Å². The predicted octanol–water partition coefficient (Wildman–Crippen LogP) is 2.06. The quantitative estimate of drug-likeness (QED) is 0.684. The lowest BCUT2D eigenvalue weighted by molar-refractivity contribution is -0.114. The number of hydrogen-bond acceptors (Lipinski definition) is 4. The van der Waals surface area contributed by atoms with E-state index in [0.29, 0.717) is 27.7 Å². The molecule has 22 heavy (non-hydrogen) atoms. The summed E-state index contributed by atoms with van der Waals surface area (Å²) in [4.78, 5) is 29.3. The smallest absolute Gasteiger partial charge is 0.338 e. The molecule has 0 aliphatic heterocycles. The maximum atomic E-state index is 11.1. The van der Waals surface area contributed by atoms with Crippen molar-refractivity contribution in [2.24, 2.45) is 0 Å². The summed E-state index contributed by atoms with van der Waals surface area (Å²) in [5.74, 6) is -0.966. The number of aromatic amines is 1. The van der Waals surface area contributed by atoms with Crippen LogP contribution in [0.5, 0.6) is 0 Å². The summed E-state index contributed by atoms with van der Waals surface area (Å²) >= 11 is 6.09. The van der Waals surface area contributed by atoms with Gasteiger partial charge in [0, 0.05) is 13.1 Å². The molecule has 0 aliphatic rings. The minimum Gasteiger partial charge on any atom is -0.478 e. The van der Waals surface area contributed by atoms with E-state index in [-0.39, 0.29) is 11.5 Å². The van der Waals surface area contributed by atoms with Crippen molar-refractivity contribution in [3.63, 3.8) is 0 Å². The maximum absolute atomic E-state index is 11.1. The Labute approximate surface area is 128 Å². The van der Waals surface area contributed by atoms with Crippen LogP contribution in [0.25, 0.3) is 17.0 Å². The van der Waals surface area contributed by atoms with Gasteiger partial charge in [-0.2, -0.15) is 5.10 Å². The number of imidazole rings is 1. The summed E-state index contributed by atoms with van der Waals surface area (Å²) in [5.41, 5.74) is 1.71. The molecule has 0 saturated heterocycles. The fourth-order valence-corrected chi connectivity index (χ4v) is 2.17. The minimum atomic E-state index is -1.07. The Morgan fingerprint density at radius 3 is 2.82 bits per heavy atom. The number of carboxylic acid groups (broad SMARTS) is 1. The second-order valence-electron chi connectivity index (χ2n) is 4.57. The number of H-pyrrole nitrogens is 1. The molecule has 2 heterocycles. The molecule has 0 bridgehead atoms. The summed E-state index contributed by atoms with van der Waals surface area (Å²) < 4.78 is 1.31. The van der Waals surface area contributed by atoms with E-state index in [1.165, 1.54) is 24.0 Å². The number of carbonyl (C=O) groups excluding carboxylic acids is 1. The van der Waals surface area contributed by atoms with Crippen LogP contribution in [0.4, 0.5) is 5.69 Å². The van der Waals surface area contributed by atoms with Crippen molar-refractivity contribution >= 4 is 40.2 Å². The largest absolute Gasteiger partial charge is 0.478 e. The third kappa shape index (κ3) is 2.51. The van der Waals surface area contributed by atoms with Crippen LogP contribution in [0, 0.1) is 0 Å². The summed E-state index contributed by atoms with van der Waals surface area (Å²) in [6.45, 7) is 1.38. The van der Waals surface area contributed by atoms with Gasteiger partial charge in [-0.05, 0) is 12.1 Å². The molecule has 0 unspecified atom stereocenters. The normalized spacial score (nSPS) is 10.8. The summed E-state index contributed by atoms with van der Waals surface area (Å²) in [7, 11) is 0. The summed E-state index contributed by atoms with van der Waals surface area (Å²) in [5, 5.41) is 15.8. The molecule has 2 aromatic heterocycles. The SMILES string of the molecule is CC(=O)Nc1cc2nc(-n3cc(C(=O)O)cn3)[nH]c2cc1Cl. The van der Waals surface area contributed by atoms with E-state index in [0.717, 1.165) is 0 Å². The monoisotopic (exact) mass is 319 g/mol. The molecule has 0 fully saturated rings. The minimum absolute atomic E-state index is 0.0532. The van der Waals surface area contributed by atoms with Gasteiger partial charge < -0.3 is 15.4 Å². The molecule has 1 aromatic carbocycles. The second kappa shape index (κ2) is 5.15. The number of aromatic carboxylic acids is 1. The van der Waals surface area contributed by atoms with Crippen LogP contribution in [0.3, 0.4) is 0 Å². The molecule has 3 N–H and O–H groups in total. The van der Waals surface area contributed by atoms with Crippen LogP contribution in [-0.4, -0.2) is 36.7 Å². The molecule has 1 amide bonds. The number of anilines is 1. The fraction of sp³-hybridized carbons (Fsp3) is 0.0769. The van der Waals surface area contributed by atoms with Gasteiger partial charge in [0.2, 0.25) is 11.9 Å². The van der Waals surface area contributed by atoms with Gasteiger partial charge >= 0.3 is 5.97 Å². The third-order valence-corrected chi connectivity index (χ3v) is 3.23. The zero-order valence-electron chi connectivity index (χ0n) is 11.3. The fourth-order valence-electron chi connectivity index (χ4n) is 1.96. The van der Waals surface area contributed by atoms with Crippen molar-refractivity contribution in [1.82, 2.24) is 19.7 Å². The molecule has 0 aliphatic carbocycles. The van der Waals surface area contributed by atoms with Crippen LogP contribution < -0.4 is 5.32 Å². The molecular weight excluding hydrogens is 310 g/mol. The Balaban J connectivity index is 2.05. The summed E-state index contributed by atoms with van der Waals surface area (Å²) in [6, 6.07) is 3.25. The average molecular weight is 320 g/mol. The van der Waals surface area contributed by atoms with E-state index < -0.39 is 5.97 Å². The van der Waals surface area contributed by atoms with Crippen LogP contribution in [0.15, 0.2) is 24.5 Å². The zero-order valence-corrected chi connectivity index (χ0v) is 12.0. The number of rotatable bonds is 3. The predicted molar refractivity (Wildman–Crippen MR) is 79.5 cm³/mol. The highest BCUT2D eigenvalue weighted by Gasteiger charge is 2.12. The highest BCUT2D eigenvalue weighted by molar-refractivity contribution is 6.34. The van der Waals surface area contributed by atoms with Gasteiger partial charge in [0.05, 0.1) is 33.5 Å². The van der Waals surface area contributed by atoms with Crippen molar-refractivity contribution in [2.75, 3.05) is 5.32 Å². The Morgan fingerprint density at radius 2 is 2.18 bits per heavy atom. The number of carbonyl (C=O) groups is 2. The lowest BCUT2D eigenvalue weighted by Crippen LogP contribution is -2.06. The highest BCUT2D eigenvalue weighted by atomic mass is 35.5. The Hall–Kier alpha value is -2.87. The number of hydrogen-bond donors (Lipinski definition) is 3. The molecule has 3 aromatic rings. The van der Waals surface area contributed by atoms with Crippen molar-refractivity contribution in [3.8, 4) is 5.95 Å². The number of aromatic nitrogens is 4. The van der Waals surface area contributed by atoms with Crippen LogP contribution in [0.2, 0.25) is 5.02 Å². The first-order valence-electron chi connectivity index (χ1n) is 6.19. The van der Waals surface area contributed by atoms with Crippen LogP contribution in [0.1, 0.15) is 17.3 Å². The standard InChI is InChI=1S/C13H10ClN5O3/c1-6(20)16-9-3-11-10(2-8(9)14)17-13(18-11)19-5-7(4-15-19)12(21)22/h2-5H,1H3,(H,16,20)(H,17,18)(H,21,22). The summed E-state index contributed by atoms with van der Waals surface area (Å²) in [6.07, 6.45) is 2.57. The van der Waals surface area contributed by atoms with Gasteiger partial charge in [0.1, 0.15) is 0 Å². The van der Waals surface area contributed by atoms with Crippen LogP contribution >= 0.6 is 11.6 Å². The number of nitrogens with one attached hydrogen (secondary N) is 2. The van der Waals surface area contributed by atoms with Crippen LogP contribution in [-0.2, 0) is 4.79 Å². The van der Waals surface area contributed by atoms with Crippen molar-refractivity contribution in [1.29, 1.82) is 0 Å². The Bertz CT molecular complexity index is 898. The number of amides is 1. The molecule has 112 valence electrons. The van der Waals surface area contributed by atoms with E-state index >= 15 is 0 Å². The molecule has 3 rings (SSSR count). The van der Waals surface area contributed by atoms with Crippen molar-refractivity contribution < 1.29 is 14.7 Å². The first kappa shape index (κ1) is 14.1. The molecule has 0 radical (unpaired) electrons. The number of benzene rings is 1. The topological polar surface area (TPSA) is 113 Å². The van der Waals surface area contributed by atoms with Crippen molar-refractivity contribution in [3.05, 3.63) is 35.1 Å². The van der Waals surface area contributed by atoms with E-state index in [4.69, 9.17) is 16.7 Å². The van der Waals surface area contributed by atoms with E-state index in [9.17, 15) is 9.59 Å². The van der Waals surface area contributed by atoms with Crippen molar-refractivity contribution in [2.45, 2.75) is 6.92 Å². The first-order chi connectivity index (χ1) is 10.4. The molecule has 0 spiro atoms. The molecular formula is C13H10ClN5O3. The van der Waals surface area contributed by atoms with Gasteiger partial charge in [0.25, 0.3) is 0 Å². The Kier molecular flexibility index (Phi) is 3.30. The first-order valence-corrected chi connectivity index (χ1v) is 6.57. The molecule has 0 saturated carbocycles. The third-order valence-electron chi connectivity index (χ3n) is 2.92. The van der Waals surface area contributed by atoms with Gasteiger partial charge in [-0.15, -0.1) is 0 Å². The number of fused-ring (bicyclic) bond motifs is 1. The number of halogens is 1. The molecule has 8 nitrogen and oxygen atoms in total. The lowest BCUT2D eigenvalue weighted by atomic mass is 10.2. The molecule has 0 atom stereocenters. The van der Waals surface area contributed by atoms with Gasteiger partial charge in [0.15, 0.2) is 0 Å². The lowest BCUT2D eigenvalue weighted by Gasteiger charge is -2.03. The number of carboxylic acids is 1. The molecule has 9 heteroatoms. The zero-order chi connectivity index (χ0) is 15.9. The van der Waals surface area contributed by atoms with E-state index in [2.05, 4.69) is 20.4 Å². The van der Waals surface area contributed by atoms with E-state index in [1.807, 2.05) is 0 Å². The van der Waals surface area contributed by atoms with Gasteiger partial charge in [-0.1, -0.05) is 11.6 Å². The second-order valence-corrected chi connectivity index (χ2v) is 4.98. The van der Waals surface area contributed by atoms with E-state index in [1.54, 1.807) is 12.1 Å². The maximum Gasteiger partial charge on any atom is 0.338 e.